The van der Waals surface area contributed by atoms with Crippen molar-refractivity contribution in [3.05, 3.63) is 35.7 Å². The van der Waals surface area contributed by atoms with Gasteiger partial charge in [-0.3, -0.25) is 9.69 Å². The standard InChI is InChI=1S/C22H31N5O3/c1-17-3-5-19(6-4-17)21-23-22(30-24-21)18(2)26-11-9-25(10-12-26)8-7-20(28)27-13-15-29-16-14-27/h3-6,18H,7-16H2,1-2H3/t18-/m0/s1. The van der Waals surface area contributed by atoms with Crippen LogP contribution in [0.15, 0.2) is 28.8 Å². The fourth-order valence-corrected chi connectivity index (χ4v) is 3.98. The minimum Gasteiger partial charge on any atom is -0.378 e. The van der Waals surface area contributed by atoms with Crippen molar-refractivity contribution < 1.29 is 14.1 Å². The zero-order valence-electron chi connectivity index (χ0n) is 17.9. The lowest BCUT2D eigenvalue weighted by molar-refractivity contribution is -0.135. The largest absolute Gasteiger partial charge is 0.378 e. The van der Waals surface area contributed by atoms with E-state index in [0.29, 0.717) is 31.3 Å². The minimum atomic E-state index is 0.0776. The van der Waals surface area contributed by atoms with Crippen LogP contribution in [0.1, 0.15) is 30.8 Å². The topological polar surface area (TPSA) is 74.9 Å². The summed E-state index contributed by atoms with van der Waals surface area (Å²) in [4.78, 5) is 23.6. The lowest BCUT2D eigenvalue weighted by atomic mass is 10.1. The number of aromatic nitrogens is 2. The van der Waals surface area contributed by atoms with Crippen LogP contribution in [0.4, 0.5) is 0 Å². The van der Waals surface area contributed by atoms with Gasteiger partial charge in [0.25, 0.3) is 0 Å². The second-order valence-corrected chi connectivity index (χ2v) is 8.12. The molecule has 2 aliphatic heterocycles. The molecule has 162 valence electrons. The Kier molecular flexibility index (Phi) is 6.76. The second-order valence-electron chi connectivity index (χ2n) is 8.12. The van der Waals surface area contributed by atoms with Gasteiger partial charge in [-0.1, -0.05) is 35.0 Å². The van der Waals surface area contributed by atoms with Gasteiger partial charge in [0.15, 0.2) is 0 Å². The van der Waals surface area contributed by atoms with Crippen LogP contribution in [-0.2, 0) is 9.53 Å². The molecule has 0 radical (unpaired) electrons. The van der Waals surface area contributed by atoms with Crippen molar-refractivity contribution in [2.75, 3.05) is 59.0 Å². The lowest BCUT2D eigenvalue weighted by Gasteiger charge is -2.37. The van der Waals surface area contributed by atoms with Gasteiger partial charge in [0, 0.05) is 57.8 Å². The predicted molar refractivity (Wildman–Crippen MR) is 113 cm³/mol. The summed E-state index contributed by atoms with van der Waals surface area (Å²) in [5.74, 6) is 1.53. The van der Waals surface area contributed by atoms with Gasteiger partial charge in [0.2, 0.25) is 17.6 Å². The van der Waals surface area contributed by atoms with E-state index in [1.54, 1.807) is 0 Å². The molecule has 0 bridgehead atoms. The highest BCUT2D eigenvalue weighted by Gasteiger charge is 2.26. The number of morpholine rings is 1. The molecule has 1 amide bonds. The van der Waals surface area contributed by atoms with Gasteiger partial charge in [-0.25, -0.2) is 0 Å². The third-order valence-electron chi connectivity index (χ3n) is 6.07. The van der Waals surface area contributed by atoms with Crippen molar-refractivity contribution in [1.82, 2.24) is 24.8 Å². The molecule has 2 fully saturated rings. The van der Waals surface area contributed by atoms with Crippen LogP contribution in [-0.4, -0.2) is 89.8 Å². The fourth-order valence-electron chi connectivity index (χ4n) is 3.98. The molecule has 2 aromatic rings. The smallest absolute Gasteiger partial charge is 0.244 e. The Balaban J connectivity index is 1.25. The van der Waals surface area contributed by atoms with Crippen molar-refractivity contribution in [2.45, 2.75) is 26.3 Å². The van der Waals surface area contributed by atoms with Crippen LogP contribution in [0.3, 0.4) is 0 Å². The highest BCUT2D eigenvalue weighted by atomic mass is 16.5. The molecule has 3 heterocycles. The molecule has 0 N–H and O–H groups in total. The number of hydrogen-bond acceptors (Lipinski definition) is 7. The van der Waals surface area contributed by atoms with E-state index < -0.39 is 0 Å². The Morgan fingerprint density at radius 1 is 1.07 bits per heavy atom. The fraction of sp³-hybridized carbons (Fsp3) is 0.591. The van der Waals surface area contributed by atoms with Crippen LogP contribution in [0, 0.1) is 6.92 Å². The maximum absolute atomic E-state index is 12.3. The van der Waals surface area contributed by atoms with E-state index in [9.17, 15) is 4.79 Å². The molecule has 0 aliphatic carbocycles. The SMILES string of the molecule is Cc1ccc(-c2noc([C@H](C)N3CCN(CCC(=O)N4CCOCC4)CC3)n2)cc1. The Bertz CT molecular complexity index is 824. The lowest BCUT2D eigenvalue weighted by Crippen LogP contribution is -2.48. The molecule has 1 atom stereocenters. The Hall–Kier alpha value is -2.29. The Labute approximate surface area is 177 Å². The number of hydrogen-bond donors (Lipinski definition) is 0. The summed E-state index contributed by atoms with van der Waals surface area (Å²) >= 11 is 0. The summed E-state index contributed by atoms with van der Waals surface area (Å²) in [5.41, 5.74) is 2.18. The number of amides is 1. The minimum absolute atomic E-state index is 0.0776. The van der Waals surface area contributed by atoms with Crippen LogP contribution in [0.25, 0.3) is 11.4 Å². The molecule has 30 heavy (non-hydrogen) atoms. The maximum Gasteiger partial charge on any atom is 0.244 e. The van der Waals surface area contributed by atoms with Gasteiger partial charge in [-0.05, 0) is 13.8 Å². The number of carbonyl (C=O) groups excluding carboxylic acids is 1. The summed E-state index contributed by atoms with van der Waals surface area (Å²) in [6.07, 6.45) is 0.582. The zero-order chi connectivity index (χ0) is 20.9. The first-order valence-corrected chi connectivity index (χ1v) is 10.8. The van der Waals surface area contributed by atoms with Crippen molar-refractivity contribution in [1.29, 1.82) is 0 Å². The first-order valence-electron chi connectivity index (χ1n) is 10.8. The molecule has 2 saturated heterocycles. The van der Waals surface area contributed by atoms with Gasteiger partial charge < -0.3 is 19.1 Å². The zero-order valence-corrected chi connectivity index (χ0v) is 17.9. The van der Waals surface area contributed by atoms with Gasteiger partial charge in [0.1, 0.15) is 0 Å². The van der Waals surface area contributed by atoms with Crippen molar-refractivity contribution in [2.24, 2.45) is 0 Å². The molecule has 4 rings (SSSR count). The summed E-state index contributed by atoms with van der Waals surface area (Å²) in [6, 6.07) is 8.22. The molecule has 1 aromatic heterocycles. The molecule has 0 spiro atoms. The van der Waals surface area contributed by atoms with Crippen LogP contribution < -0.4 is 0 Å². The van der Waals surface area contributed by atoms with E-state index in [0.717, 1.165) is 51.4 Å². The van der Waals surface area contributed by atoms with Gasteiger partial charge in [0.05, 0.1) is 19.3 Å². The average molecular weight is 414 g/mol. The Morgan fingerprint density at radius 3 is 2.47 bits per heavy atom. The van der Waals surface area contributed by atoms with Crippen molar-refractivity contribution in [3.63, 3.8) is 0 Å². The molecule has 0 unspecified atom stereocenters. The average Bonchev–Trinajstić information content (AvgIpc) is 3.29. The number of nitrogens with zero attached hydrogens (tertiary/aromatic N) is 5. The number of carbonyl (C=O) groups is 1. The summed E-state index contributed by atoms with van der Waals surface area (Å²) in [6.45, 7) is 11.5. The van der Waals surface area contributed by atoms with E-state index in [1.807, 2.05) is 17.0 Å². The predicted octanol–water partition coefficient (Wildman–Crippen LogP) is 1.97. The number of benzene rings is 1. The van der Waals surface area contributed by atoms with Crippen LogP contribution >= 0.6 is 0 Å². The molecule has 8 nitrogen and oxygen atoms in total. The van der Waals surface area contributed by atoms with Gasteiger partial charge in [-0.15, -0.1) is 0 Å². The van der Waals surface area contributed by atoms with Crippen LogP contribution in [0.5, 0.6) is 0 Å². The summed E-state index contributed by atoms with van der Waals surface area (Å²) in [5, 5.41) is 4.17. The van der Waals surface area contributed by atoms with E-state index >= 15 is 0 Å². The number of rotatable bonds is 6. The highest BCUT2D eigenvalue weighted by molar-refractivity contribution is 5.76. The third-order valence-corrected chi connectivity index (χ3v) is 6.07. The molecule has 0 saturated carbocycles. The first-order chi connectivity index (χ1) is 14.6. The summed E-state index contributed by atoms with van der Waals surface area (Å²) < 4.78 is 10.9. The normalized spacial score (nSPS) is 19.7. The van der Waals surface area contributed by atoms with E-state index in [4.69, 9.17) is 9.26 Å². The number of piperazine rings is 1. The first kappa shape index (κ1) is 21.0. The summed E-state index contributed by atoms with van der Waals surface area (Å²) in [7, 11) is 0. The third kappa shape index (κ3) is 5.06. The van der Waals surface area contributed by atoms with Gasteiger partial charge >= 0.3 is 0 Å². The van der Waals surface area contributed by atoms with Gasteiger partial charge in [-0.2, -0.15) is 4.98 Å². The van der Waals surface area contributed by atoms with E-state index in [2.05, 4.69) is 45.9 Å². The van der Waals surface area contributed by atoms with E-state index in [-0.39, 0.29) is 11.9 Å². The van der Waals surface area contributed by atoms with Crippen LogP contribution in [0.2, 0.25) is 0 Å². The van der Waals surface area contributed by atoms with Crippen molar-refractivity contribution in [3.8, 4) is 11.4 Å². The van der Waals surface area contributed by atoms with Crippen molar-refractivity contribution >= 4 is 5.91 Å². The highest BCUT2D eigenvalue weighted by Crippen LogP contribution is 2.23. The molecule has 8 heteroatoms. The quantitative estimate of drug-likeness (QED) is 0.717. The number of aryl methyl sites for hydroxylation is 1. The molecule has 2 aliphatic rings. The maximum atomic E-state index is 12.3. The Morgan fingerprint density at radius 2 is 1.77 bits per heavy atom. The second kappa shape index (κ2) is 9.68. The monoisotopic (exact) mass is 413 g/mol. The molecular formula is C22H31N5O3. The molecule has 1 aromatic carbocycles. The number of ether oxygens (including phenoxy) is 1. The molecular weight excluding hydrogens is 382 g/mol. The van der Waals surface area contributed by atoms with E-state index in [1.165, 1.54) is 5.56 Å².